The summed E-state index contributed by atoms with van der Waals surface area (Å²) in [7, 11) is 0. The van der Waals surface area contributed by atoms with Gasteiger partial charge in [0.25, 0.3) is 0 Å². The molecule has 0 aliphatic rings. The molecule has 0 saturated carbocycles. The predicted molar refractivity (Wildman–Crippen MR) is 87.5 cm³/mol. The molecule has 22 heavy (non-hydrogen) atoms. The Morgan fingerprint density at radius 2 is 2.14 bits per heavy atom. The fraction of sp³-hybridized carbons (Fsp3) is 0.438. The highest BCUT2D eigenvalue weighted by Crippen LogP contribution is 2.21. The first kappa shape index (κ1) is 16.2. The number of nitrogens with two attached hydrogens (primary N) is 1. The van der Waals surface area contributed by atoms with Crippen LogP contribution in [0.5, 0.6) is 0 Å². The molecule has 0 aliphatic carbocycles. The lowest BCUT2D eigenvalue weighted by Gasteiger charge is -2.16. The van der Waals surface area contributed by atoms with Crippen LogP contribution in [-0.4, -0.2) is 26.6 Å². The second-order valence-corrected chi connectivity index (χ2v) is 5.25. The Hall–Kier alpha value is -2.21. The molecule has 0 spiro atoms. The van der Waals surface area contributed by atoms with Crippen molar-refractivity contribution in [2.24, 2.45) is 0 Å². The van der Waals surface area contributed by atoms with E-state index in [-0.39, 0.29) is 5.95 Å². The summed E-state index contributed by atoms with van der Waals surface area (Å²) >= 11 is 0. The van der Waals surface area contributed by atoms with E-state index in [1.165, 1.54) is 0 Å². The number of anilines is 2. The van der Waals surface area contributed by atoms with Crippen molar-refractivity contribution in [3.63, 3.8) is 0 Å². The Morgan fingerprint density at radius 1 is 1.32 bits per heavy atom. The van der Waals surface area contributed by atoms with Gasteiger partial charge in [-0.15, -0.1) is 0 Å². The lowest BCUT2D eigenvalue weighted by atomic mass is 10.1. The van der Waals surface area contributed by atoms with E-state index < -0.39 is 6.10 Å². The van der Waals surface area contributed by atoms with E-state index in [2.05, 4.69) is 27.2 Å². The predicted octanol–water partition coefficient (Wildman–Crippen LogP) is 2.25. The summed E-state index contributed by atoms with van der Waals surface area (Å²) in [5, 5.41) is 13.4. The van der Waals surface area contributed by atoms with Crippen LogP contribution in [0.15, 0.2) is 24.4 Å². The number of aromatic nitrogens is 3. The maximum absolute atomic E-state index is 10.2. The topological polar surface area (TPSA) is 97.0 Å². The molecule has 4 N–H and O–H groups in total. The largest absolute Gasteiger partial charge is 0.385 e. The van der Waals surface area contributed by atoms with E-state index in [4.69, 9.17) is 5.73 Å². The van der Waals surface area contributed by atoms with Gasteiger partial charge in [0, 0.05) is 24.0 Å². The third-order valence-electron chi connectivity index (χ3n) is 3.50. The SMILES string of the molecule is CCCCc1c(C)nc(N)nc1NCC(O)c1ccccn1. The first-order valence-corrected chi connectivity index (χ1v) is 7.57. The number of aliphatic hydroxyl groups excluding tert-OH is 1. The first-order valence-electron chi connectivity index (χ1n) is 7.57. The average molecular weight is 301 g/mol. The number of hydrogen-bond donors (Lipinski definition) is 3. The van der Waals surface area contributed by atoms with Crippen molar-refractivity contribution in [3.8, 4) is 0 Å². The molecular formula is C16H23N5O. The minimum atomic E-state index is -0.697. The van der Waals surface area contributed by atoms with Gasteiger partial charge >= 0.3 is 0 Å². The molecule has 2 rings (SSSR count). The normalized spacial score (nSPS) is 12.1. The monoisotopic (exact) mass is 301 g/mol. The van der Waals surface area contributed by atoms with Crippen molar-refractivity contribution < 1.29 is 5.11 Å². The second-order valence-electron chi connectivity index (χ2n) is 5.25. The van der Waals surface area contributed by atoms with Crippen LogP contribution in [0.1, 0.15) is 42.8 Å². The Labute approximate surface area is 130 Å². The van der Waals surface area contributed by atoms with Crippen LogP contribution in [0.3, 0.4) is 0 Å². The molecule has 0 saturated heterocycles. The van der Waals surface area contributed by atoms with Gasteiger partial charge in [-0.1, -0.05) is 19.4 Å². The molecule has 6 heteroatoms. The molecule has 118 valence electrons. The summed E-state index contributed by atoms with van der Waals surface area (Å²) in [5.74, 6) is 0.945. The fourth-order valence-electron chi connectivity index (χ4n) is 2.29. The molecule has 2 aromatic rings. The van der Waals surface area contributed by atoms with Gasteiger partial charge in [0.2, 0.25) is 5.95 Å². The van der Waals surface area contributed by atoms with Gasteiger partial charge in [0.15, 0.2) is 0 Å². The molecule has 0 bridgehead atoms. The van der Waals surface area contributed by atoms with E-state index in [1.54, 1.807) is 12.3 Å². The number of nitrogen functional groups attached to an aromatic ring is 1. The zero-order chi connectivity index (χ0) is 15.9. The first-order chi connectivity index (χ1) is 10.6. The summed E-state index contributed by atoms with van der Waals surface area (Å²) in [6, 6.07) is 5.47. The summed E-state index contributed by atoms with van der Waals surface area (Å²) in [4.78, 5) is 12.7. The van der Waals surface area contributed by atoms with Gasteiger partial charge in [-0.2, -0.15) is 4.98 Å². The van der Waals surface area contributed by atoms with Crippen molar-refractivity contribution >= 4 is 11.8 Å². The Balaban J connectivity index is 2.11. The molecule has 2 aromatic heterocycles. The van der Waals surface area contributed by atoms with Gasteiger partial charge in [-0.05, 0) is 31.9 Å². The van der Waals surface area contributed by atoms with Crippen LogP contribution in [0.25, 0.3) is 0 Å². The van der Waals surface area contributed by atoms with Gasteiger partial charge < -0.3 is 16.2 Å². The van der Waals surface area contributed by atoms with Crippen LogP contribution in [0, 0.1) is 6.92 Å². The third-order valence-corrected chi connectivity index (χ3v) is 3.50. The number of aryl methyl sites for hydroxylation is 1. The van der Waals surface area contributed by atoms with Gasteiger partial charge in [0.05, 0.1) is 5.69 Å². The van der Waals surface area contributed by atoms with E-state index in [0.29, 0.717) is 18.1 Å². The number of unbranched alkanes of at least 4 members (excludes halogenated alkanes) is 1. The molecule has 0 aliphatic heterocycles. The number of aliphatic hydroxyl groups is 1. The van der Waals surface area contributed by atoms with Gasteiger partial charge in [-0.3, -0.25) is 4.98 Å². The Kier molecular flexibility index (Phi) is 5.66. The van der Waals surface area contributed by atoms with Crippen LogP contribution in [-0.2, 0) is 6.42 Å². The molecule has 1 unspecified atom stereocenters. The second kappa shape index (κ2) is 7.70. The lowest BCUT2D eigenvalue weighted by Crippen LogP contribution is -2.17. The summed E-state index contributed by atoms with van der Waals surface area (Å²) in [6.45, 7) is 4.40. The average Bonchev–Trinajstić information content (AvgIpc) is 2.52. The number of rotatable bonds is 7. The number of nitrogens with one attached hydrogen (secondary N) is 1. The molecule has 0 fully saturated rings. The van der Waals surface area contributed by atoms with Crippen molar-refractivity contribution in [3.05, 3.63) is 41.3 Å². The molecule has 0 radical (unpaired) electrons. The van der Waals surface area contributed by atoms with E-state index in [9.17, 15) is 5.11 Å². The molecule has 0 aromatic carbocycles. The zero-order valence-electron chi connectivity index (χ0n) is 13.1. The van der Waals surface area contributed by atoms with E-state index >= 15 is 0 Å². The van der Waals surface area contributed by atoms with Crippen LogP contribution >= 0.6 is 0 Å². The smallest absolute Gasteiger partial charge is 0.222 e. The maximum Gasteiger partial charge on any atom is 0.222 e. The highest BCUT2D eigenvalue weighted by atomic mass is 16.3. The quantitative estimate of drug-likeness (QED) is 0.725. The zero-order valence-corrected chi connectivity index (χ0v) is 13.1. The van der Waals surface area contributed by atoms with Crippen molar-refractivity contribution in [2.45, 2.75) is 39.2 Å². The van der Waals surface area contributed by atoms with Crippen LogP contribution in [0.4, 0.5) is 11.8 Å². The molecule has 1 atom stereocenters. The number of pyridine rings is 1. The highest BCUT2D eigenvalue weighted by molar-refractivity contribution is 5.49. The Bertz CT molecular complexity index is 603. The van der Waals surface area contributed by atoms with E-state index in [1.807, 2.05) is 19.1 Å². The molecular weight excluding hydrogens is 278 g/mol. The van der Waals surface area contributed by atoms with Gasteiger partial charge in [0.1, 0.15) is 11.9 Å². The standard InChI is InChI=1S/C16H23N5O/c1-3-4-7-12-11(2)20-16(17)21-15(12)19-10-14(22)13-8-5-6-9-18-13/h5-6,8-9,14,22H,3-4,7,10H2,1-2H3,(H3,17,19,20,21). The molecule has 6 nitrogen and oxygen atoms in total. The Morgan fingerprint density at radius 3 is 2.82 bits per heavy atom. The number of nitrogens with zero attached hydrogens (tertiary/aromatic N) is 3. The minimum absolute atomic E-state index is 0.243. The number of hydrogen-bond acceptors (Lipinski definition) is 6. The van der Waals surface area contributed by atoms with Gasteiger partial charge in [-0.25, -0.2) is 4.98 Å². The van der Waals surface area contributed by atoms with Crippen molar-refractivity contribution in [1.29, 1.82) is 0 Å². The van der Waals surface area contributed by atoms with Crippen molar-refractivity contribution in [2.75, 3.05) is 17.6 Å². The van der Waals surface area contributed by atoms with Crippen LogP contribution in [0.2, 0.25) is 0 Å². The highest BCUT2D eigenvalue weighted by Gasteiger charge is 2.13. The maximum atomic E-state index is 10.2. The summed E-state index contributed by atoms with van der Waals surface area (Å²) in [6.07, 6.45) is 4.02. The molecule has 2 heterocycles. The fourth-order valence-corrected chi connectivity index (χ4v) is 2.29. The van der Waals surface area contributed by atoms with Crippen LogP contribution < -0.4 is 11.1 Å². The summed E-state index contributed by atoms with van der Waals surface area (Å²) < 4.78 is 0. The summed E-state index contributed by atoms with van der Waals surface area (Å²) in [5.41, 5.74) is 8.31. The molecule has 0 amide bonds. The third kappa shape index (κ3) is 4.14. The lowest BCUT2D eigenvalue weighted by molar-refractivity contribution is 0.186. The van der Waals surface area contributed by atoms with E-state index in [0.717, 1.165) is 30.5 Å². The minimum Gasteiger partial charge on any atom is -0.385 e. The van der Waals surface area contributed by atoms with Crippen molar-refractivity contribution in [1.82, 2.24) is 15.0 Å².